The number of aliphatic carboxylic acids is 1. The van der Waals surface area contributed by atoms with Gasteiger partial charge in [0.1, 0.15) is 18.3 Å². The molecule has 0 saturated heterocycles. The highest BCUT2D eigenvalue weighted by molar-refractivity contribution is 7.12. The normalized spacial score (nSPS) is 12.1. The van der Waals surface area contributed by atoms with E-state index in [1.54, 1.807) is 24.3 Å². The fraction of sp³-hybridized carbons (Fsp3) is 0.214. The third kappa shape index (κ3) is 3.72. The summed E-state index contributed by atoms with van der Waals surface area (Å²) in [6.45, 7) is 2.04. The van der Waals surface area contributed by atoms with Crippen LogP contribution in [0, 0.1) is 6.92 Å². The molecule has 5 heteroatoms. The van der Waals surface area contributed by atoms with E-state index in [9.17, 15) is 9.90 Å². The van der Waals surface area contributed by atoms with Crippen LogP contribution in [0.25, 0.3) is 0 Å². The minimum Gasteiger partial charge on any atom is -0.492 e. The summed E-state index contributed by atoms with van der Waals surface area (Å²) in [5, 5.41) is 9.84. The zero-order valence-electron chi connectivity index (χ0n) is 10.3. The number of halogens is 1. The Kier molecular flexibility index (Phi) is 4.45. The fourth-order valence-corrected chi connectivity index (χ4v) is 2.79. The Morgan fingerprint density at radius 2 is 2.21 bits per heavy atom. The molecule has 0 bridgehead atoms. The van der Waals surface area contributed by atoms with Crippen LogP contribution in [0.5, 0.6) is 5.75 Å². The number of carbonyl (C=O) groups is 1. The van der Waals surface area contributed by atoms with Gasteiger partial charge in [-0.3, -0.25) is 4.79 Å². The minimum absolute atomic E-state index is 0.0929. The van der Waals surface area contributed by atoms with Gasteiger partial charge in [0.25, 0.3) is 0 Å². The lowest BCUT2D eigenvalue weighted by molar-refractivity contribution is -0.139. The van der Waals surface area contributed by atoms with E-state index in [2.05, 4.69) is 0 Å². The number of ether oxygens (including phenoxy) is 1. The molecule has 1 aromatic heterocycles. The smallest absolute Gasteiger partial charge is 0.315 e. The molecule has 100 valence electrons. The van der Waals surface area contributed by atoms with Gasteiger partial charge >= 0.3 is 5.97 Å². The van der Waals surface area contributed by atoms with E-state index < -0.39 is 11.9 Å². The van der Waals surface area contributed by atoms with E-state index in [-0.39, 0.29) is 6.61 Å². The van der Waals surface area contributed by atoms with Gasteiger partial charge in [-0.25, -0.2) is 0 Å². The molecule has 1 heterocycles. The van der Waals surface area contributed by atoms with Crippen LogP contribution < -0.4 is 4.74 Å². The molecule has 0 aliphatic rings. The molecule has 0 amide bonds. The average molecular weight is 297 g/mol. The van der Waals surface area contributed by atoms with E-state index >= 15 is 0 Å². The first kappa shape index (κ1) is 13.9. The second kappa shape index (κ2) is 6.08. The van der Waals surface area contributed by atoms with Crippen LogP contribution in [-0.4, -0.2) is 17.7 Å². The van der Waals surface area contributed by atoms with Crippen LogP contribution in [0.15, 0.2) is 36.4 Å². The molecule has 0 fully saturated rings. The number of benzene rings is 1. The van der Waals surface area contributed by atoms with Gasteiger partial charge in [0.2, 0.25) is 0 Å². The van der Waals surface area contributed by atoms with Crippen LogP contribution in [-0.2, 0) is 4.79 Å². The molecule has 0 radical (unpaired) electrons. The van der Waals surface area contributed by atoms with Crippen LogP contribution >= 0.6 is 22.9 Å². The van der Waals surface area contributed by atoms with Crippen molar-refractivity contribution in [1.29, 1.82) is 0 Å². The Balaban J connectivity index is 2.08. The summed E-state index contributed by atoms with van der Waals surface area (Å²) in [5.41, 5.74) is 0. The fourth-order valence-electron chi connectivity index (χ4n) is 1.65. The second-order valence-corrected chi connectivity index (χ2v) is 5.86. The summed E-state index contributed by atoms with van der Waals surface area (Å²) < 4.78 is 5.52. The van der Waals surface area contributed by atoms with Gasteiger partial charge in [-0.05, 0) is 37.3 Å². The van der Waals surface area contributed by atoms with Crippen molar-refractivity contribution in [1.82, 2.24) is 0 Å². The van der Waals surface area contributed by atoms with Crippen molar-refractivity contribution in [3.05, 3.63) is 51.2 Å². The molecule has 0 saturated carbocycles. The molecule has 1 unspecified atom stereocenters. The Bertz CT molecular complexity index is 580. The molecule has 0 aliphatic carbocycles. The van der Waals surface area contributed by atoms with Crippen LogP contribution in [0.1, 0.15) is 15.7 Å². The molecule has 1 atom stereocenters. The highest BCUT2D eigenvalue weighted by Crippen LogP contribution is 2.26. The highest BCUT2D eigenvalue weighted by Gasteiger charge is 2.22. The van der Waals surface area contributed by atoms with Crippen molar-refractivity contribution >= 4 is 28.9 Å². The number of aryl methyl sites for hydroxylation is 1. The van der Waals surface area contributed by atoms with E-state index in [0.717, 1.165) is 9.75 Å². The van der Waals surface area contributed by atoms with E-state index in [1.807, 2.05) is 19.1 Å². The largest absolute Gasteiger partial charge is 0.492 e. The Labute approximate surface area is 120 Å². The minimum atomic E-state index is -0.885. The van der Waals surface area contributed by atoms with Gasteiger partial charge in [-0.1, -0.05) is 17.7 Å². The van der Waals surface area contributed by atoms with Crippen molar-refractivity contribution in [2.75, 3.05) is 6.61 Å². The van der Waals surface area contributed by atoms with Crippen molar-refractivity contribution in [3.63, 3.8) is 0 Å². The predicted molar refractivity (Wildman–Crippen MR) is 76.4 cm³/mol. The standard InChI is InChI=1S/C14H13ClO3S/c1-9-5-6-13(19-9)12(14(16)17)8-18-11-4-2-3-10(15)7-11/h2-7,12H,8H2,1H3,(H,16,17). The van der Waals surface area contributed by atoms with Gasteiger partial charge in [0.15, 0.2) is 0 Å². The number of hydrogen-bond acceptors (Lipinski definition) is 3. The molecule has 2 rings (SSSR count). The van der Waals surface area contributed by atoms with E-state index in [0.29, 0.717) is 10.8 Å². The van der Waals surface area contributed by atoms with E-state index in [1.165, 1.54) is 11.3 Å². The molecule has 3 nitrogen and oxygen atoms in total. The maximum absolute atomic E-state index is 11.3. The highest BCUT2D eigenvalue weighted by atomic mass is 35.5. The quantitative estimate of drug-likeness (QED) is 0.908. The van der Waals surface area contributed by atoms with Crippen LogP contribution in [0.2, 0.25) is 5.02 Å². The average Bonchev–Trinajstić information content (AvgIpc) is 2.76. The summed E-state index contributed by atoms with van der Waals surface area (Å²) in [5.74, 6) is -0.964. The van der Waals surface area contributed by atoms with Crippen molar-refractivity contribution in [2.24, 2.45) is 0 Å². The van der Waals surface area contributed by atoms with Gasteiger partial charge in [0.05, 0.1) is 0 Å². The van der Waals surface area contributed by atoms with Crippen LogP contribution in [0.4, 0.5) is 0 Å². The number of rotatable bonds is 5. The molecule has 1 N–H and O–H groups in total. The Morgan fingerprint density at radius 3 is 2.79 bits per heavy atom. The molecule has 0 aliphatic heterocycles. The van der Waals surface area contributed by atoms with Gasteiger partial charge in [-0.2, -0.15) is 0 Å². The van der Waals surface area contributed by atoms with E-state index in [4.69, 9.17) is 16.3 Å². The lowest BCUT2D eigenvalue weighted by Crippen LogP contribution is -2.18. The third-order valence-corrected chi connectivity index (χ3v) is 3.96. The number of carboxylic acids is 1. The topological polar surface area (TPSA) is 46.5 Å². The first-order chi connectivity index (χ1) is 9.06. The van der Waals surface area contributed by atoms with Gasteiger partial charge < -0.3 is 9.84 Å². The molecule has 0 spiro atoms. The Hall–Kier alpha value is -1.52. The van der Waals surface area contributed by atoms with Crippen LogP contribution in [0.3, 0.4) is 0 Å². The molecule has 19 heavy (non-hydrogen) atoms. The molecule has 1 aromatic carbocycles. The number of thiophene rings is 1. The first-order valence-electron chi connectivity index (χ1n) is 5.74. The maximum atomic E-state index is 11.3. The molecular weight excluding hydrogens is 284 g/mol. The van der Waals surface area contributed by atoms with Gasteiger partial charge in [0, 0.05) is 14.8 Å². The summed E-state index contributed by atoms with van der Waals surface area (Å²) in [6.07, 6.45) is 0. The maximum Gasteiger partial charge on any atom is 0.315 e. The summed E-state index contributed by atoms with van der Waals surface area (Å²) >= 11 is 7.32. The lowest BCUT2D eigenvalue weighted by Gasteiger charge is -2.12. The SMILES string of the molecule is Cc1ccc(C(COc2cccc(Cl)c2)C(=O)O)s1. The third-order valence-electron chi connectivity index (χ3n) is 2.62. The summed E-state index contributed by atoms with van der Waals surface area (Å²) in [4.78, 5) is 13.2. The zero-order chi connectivity index (χ0) is 13.8. The monoisotopic (exact) mass is 296 g/mol. The van der Waals surface area contributed by atoms with Crippen molar-refractivity contribution in [2.45, 2.75) is 12.8 Å². The van der Waals surface area contributed by atoms with Crippen molar-refractivity contribution < 1.29 is 14.6 Å². The zero-order valence-corrected chi connectivity index (χ0v) is 11.9. The first-order valence-corrected chi connectivity index (χ1v) is 6.93. The van der Waals surface area contributed by atoms with Crippen molar-refractivity contribution in [3.8, 4) is 5.75 Å². The summed E-state index contributed by atoms with van der Waals surface area (Å²) in [7, 11) is 0. The Morgan fingerprint density at radius 1 is 1.42 bits per heavy atom. The second-order valence-electron chi connectivity index (χ2n) is 4.11. The number of hydrogen-bond donors (Lipinski definition) is 1. The molecular formula is C14H13ClO3S. The number of carboxylic acid groups (broad SMARTS) is 1. The lowest BCUT2D eigenvalue weighted by atomic mass is 10.1. The van der Waals surface area contributed by atoms with Gasteiger partial charge in [-0.15, -0.1) is 11.3 Å². The predicted octanol–water partition coefficient (Wildman–Crippen LogP) is 3.96. The summed E-state index contributed by atoms with van der Waals surface area (Å²) in [6, 6.07) is 10.7. The molecule has 2 aromatic rings.